The number of ether oxygens (including phenoxy) is 1. The first kappa shape index (κ1) is 12.1. The Morgan fingerprint density at radius 2 is 1.93 bits per heavy atom. The molecular weight excluding hydrogens is 200 g/mol. The maximum atomic E-state index is 13.2. The van der Waals surface area contributed by atoms with Crippen molar-refractivity contribution in [3.63, 3.8) is 0 Å². The summed E-state index contributed by atoms with van der Waals surface area (Å²) in [6, 6.07) is 3.54. The molecule has 15 heavy (non-hydrogen) atoms. The van der Waals surface area contributed by atoms with E-state index in [4.69, 9.17) is 10.5 Å². The Hall–Kier alpha value is -1.00. The lowest BCUT2D eigenvalue weighted by Crippen LogP contribution is -2.25. The van der Waals surface area contributed by atoms with Crippen molar-refractivity contribution in [2.45, 2.75) is 18.9 Å². The minimum atomic E-state index is -0.539. The lowest BCUT2D eigenvalue weighted by Gasteiger charge is -2.12. The third kappa shape index (κ3) is 3.57. The van der Waals surface area contributed by atoms with Crippen molar-refractivity contribution >= 4 is 0 Å². The second-order valence-corrected chi connectivity index (χ2v) is 3.45. The molecule has 0 saturated carbocycles. The fourth-order valence-corrected chi connectivity index (χ4v) is 1.36. The molecule has 0 aromatic heterocycles. The van der Waals surface area contributed by atoms with Gasteiger partial charge in [0, 0.05) is 25.3 Å². The zero-order chi connectivity index (χ0) is 11.3. The summed E-state index contributed by atoms with van der Waals surface area (Å²) in [6.07, 6.45) is 0.784. The normalized spacial score (nSPS) is 12.8. The van der Waals surface area contributed by atoms with Crippen LogP contribution in [0.4, 0.5) is 8.78 Å². The summed E-state index contributed by atoms with van der Waals surface area (Å²) in [6.45, 7) is 0.497. The maximum absolute atomic E-state index is 13.2. The Morgan fingerprint density at radius 3 is 2.47 bits per heavy atom. The predicted octanol–water partition coefficient (Wildman–Crippen LogP) is 1.87. The highest BCUT2D eigenvalue weighted by atomic mass is 19.1. The quantitative estimate of drug-likeness (QED) is 0.813. The lowest BCUT2D eigenvalue weighted by molar-refractivity contribution is 0.187. The molecule has 84 valence electrons. The molecular formula is C11H15F2NO. The molecule has 1 atom stereocenters. The van der Waals surface area contributed by atoms with Gasteiger partial charge in [-0.05, 0) is 25.0 Å². The molecule has 4 heteroatoms. The smallest absolute Gasteiger partial charge is 0.129 e. The first-order valence-electron chi connectivity index (χ1n) is 4.82. The van der Waals surface area contributed by atoms with Gasteiger partial charge < -0.3 is 10.5 Å². The van der Waals surface area contributed by atoms with Crippen LogP contribution in [0.25, 0.3) is 0 Å². The summed E-state index contributed by atoms with van der Waals surface area (Å²) in [4.78, 5) is 0. The number of nitrogens with two attached hydrogens (primary N) is 1. The second kappa shape index (κ2) is 5.78. The number of rotatable bonds is 5. The number of methoxy groups -OCH3 is 1. The van der Waals surface area contributed by atoms with E-state index in [0.29, 0.717) is 13.0 Å². The summed E-state index contributed by atoms with van der Waals surface area (Å²) in [5.74, 6) is -1.08. The highest BCUT2D eigenvalue weighted by molar-refractivity contribution is 5.20. The van der Waals surface area contributed by atoms with E-state index in [2.05, 4.69) is 0 Å². The van der Waals surface area contributed by atoms with Gasteiger partial charge in [0.05, 0.1) is 0 Å². The zero-order valence-corrected chi connectivity index (χ0v) is 8.67. The van der Waals surface area contributed by atoms with Crippen LogP contribution in [-0.2, 0) is 11.2 Å². The molecule has 0 aliphatic carbocycles. The molecule has 1 unspecified atom stereocenters. The third-order valence-electron chi connectivity index (χ3n) is 2.22. The summed E-state index contributed by atoms with van der Waals surface area (Å²) in [5, 5.41) is 0. The molecule has 1 rings (SSSR count). The van der Waals surface area contributed by atoms with Gasteiger partial charge in [0.1, 0.15) is 11.6 Å². The van der Waals surface area contributed by atoms with E-state index in [9.17, 15) is 8.78 Å². The average molecular weight is 215 g/mol. The van der Waals surface area contributed by atoms with Gasteiger partial charge in [-0.15, -0.1) is 0 Å². The molecule has 0 aliphatic heterocycles. The fourth-order valence-electron chi connectivity index (χ4n) is 1.36. The maximum Gasteiger partial charge on any atom is 0.129 e. The van der Waals surface area contributed by atoms with E-state index in [1.54, 1.807) is 7.11 Å². The molecule has 0 aliphatic rings. The number of halogens is 2. The summed E-state index contributed by atoms with van der Waals surface area (Å²) >= 11 is 0. The Morgan fingerprint density at radius 1 is 1.33 bits per heavy atom. The first-order chi connectivity index (χ1) is 7.15. The average Bonchev–Trinajstić information content (AvgIpc) is 2.21. The number of hydrogen-bond acceptors (Lipinski definition) is 2. The van der Waals surface area contributed by atoms with Crippen molar-refractivity contribution in [1.29, 1.82) is 0 Å². The fraction of sp³-hybridized carbons (Fsp3) is 0.455. The monoisotopic (exact) mass is 215 g/mol. The van der Waals surface area contributed by atoms with Crippen LogP contribution in [0.15, 0.2) is 18.2 Å². The van der Waals surface area contributed by atoms with Crippen molar-refractivity contribution < 1.29 is 13.5 Å². The second-order valence-electron chi connectivity index (χ2n) is 3.45. The Bertz CT molecular complexity index is 297. The van der Waals surface area contributed by atoms with Crippen LogP contribution < -0.4 is 5.73 Å². The highest BCUT2D eigenvalue weighted by Crippen LogP contribution is 2.14. The number of hydrogen-bond donors (Lipinski definition) is 1. The van der Waals surface area contributed by atoms with Gasteiger partial charge in [-0.2, -0.15) is 0 Å². The Balaban J connectivity index is 2.63. The molecule has 2 nitrogen and oxygen atoms in total. The summed E-state index contributed by atoms with van der Waals surface area (Å²) < 4.78 is 31.3. The standard InChI is InChI=1S/C11H15F2NO/c1-15-6-5-8(14)7-9-10(12)3-2-4-11(9)13/h2-4,8H,5-7,14H2,1H3. The molecule has 0 spiro atoms. The van der Waals surface area contributed by atoms with E-state index in [0.717, 1.165) is 0 Å². The molecule has 0 fully saturated rings. The van der Waals surface area contributed by atoms with Gasteiger partial charge in [-0.25, -0.2) is 8.78 Å². The van der Waals surface area contributed by atoms with Crippen LogP contribution in [0.2, 0.25) is 0 Å². The van der Waals surface area contributed by atoms with Crippen LogP contribution in [0, 0.1) is 11.6 Å². The molecule has 1 aromatic carbocycles. The van der Waals surface area contributed by atoms with Crippen molar-refractivity contribution in [2.24, 2.45) is 5.73 Å². The van der Waals surface area contributed by atoms with Crippen molar-refractivity contribution in [3.05, 3.63) is 35.4 Å². The van der Waals surface area contributed by atoms with Crippen LogP contribution in [0.5, 0.6) is 0 Å². The predicted molar refractivity (Wildman–Crippen MR) is 54.5 cm³/mol. The van der Waals surface area contributed by atoms with Gasteiger partial charge in [0.25, 0.3) is 0 Å². The van der Waals surface area contributed by atoms with E-state index in [1.807, 2.05) is 0 Å². The van der Waals surface area contributed by atoms with Gasteiger partial charge >= 0.3 is 0 Å². The highest BCUT2D eigenvalue weighted by Gasteiger charge is 2.12. The summed E-state index contributed by atoms with van der Waals surface area (Å²) in [5.41, 5.74) is 5.77. The molecule has 0 radical (unpaired) electrons. The lowest BCUT2D eigenvalue weighted by atomic mass is 10.0. The minimum Gasteiger partial charge on any atom is -0.385 e. The topological polar surface area (TPSA) is 35.2 Å². The van der Waals surface area contributed by atoms with Crippen molar-refractivity contribution in [3.8, 4) is 0 Å². The molecule has 0 bridgehead atoms. The van der Waals surface area contributed by atoms with E-state index in [1.165, 1.54) is 18.2 Å². The largest absolute Gasteiger partial charge is 0.385 e. The minimum absolute atomic E-state index is 0.0566. The third-order valence-corrected chi connectivity index (χ3v) is 2.22. The SMILES string of the molecule is COCCC(N)Cc1c(F)cccc1F. The van der Waals surface area contributed by atoms with E-state index in [-0.39, 0.29) is 18.0 Å². The molecule has 0 heterocycles. The Kier molecular flexibility index (Phi) is 4.65. The van der Waals surface area contributed by atoms with Gasteiger partial charge in [-0.1, -0.05) is 6.07 Å². The van der Waals surface area contributed by atoms with Gasteiger partial charge in [0.15, 0.2) is 0 Å². The molecule has 1 aromatic rings. The van der Waals surface area contributed by atoms with Crippen LogP contribution in [0.1, 0.15) is 12.0 Å². The van der Waals surface area contributed by atoms with Gasteiger partial charge in [-0.3, -0.25) is 0 Å². The first-order valence-corrected chi connectivity index (χ1v) is 4.82. The molecule has 0 saturated heterocycles. The van der Waals surface area contributed by atoms with Crippen molar-refractivity contribution in [1.82, 2.24) is 0 Å². The zero-order valence-electron chi connectivity index (χ0n) is 8.67. The molecule has 2 N–H and O–H groups in total. The van der Waals surface area contributed by atoms with Crippen LogP contribution in [0.3, 0.4) is 0 Å². The van der Waals surface area contributed by atoms with E-state index >= 15 is 0 Å². The van der Waals surface area contributed by atoms with Crippen LogP contribution >= 0.6 is 0 Å². The molecule has 0 amide bonds. The Labute approximate surface area is 88.0 Å². The number of benzene rings is 1. The van der Waals surface area contributed by atoms with Gasteiger partial charge in [0.2, 0.25) is 0 Å². The van der Waals surface area contributed by atoms with Crippen LogP contribution in [-0.4, -0.2) is 19.8 Å². The summed E-state index contributed by atoms with van der Waals surface area (Å²) in [7, 11) is 1.57. The van der Waals surface area contributed by atoms with Crippen molar-refractivity contribution in [2.75, 3.05) is 13.7 Å². The van der Waals surface area contributed by atoms with E-state index < -0.39 is 11.6 Å².